The Morgan fingerprint density at radius 3 is 2.13 bits per heavy atom. The summed E-state index contributed by atoms with van der Waals surface area (Å²) in [6, 6.07) is 18.2. The van der Waals surface area contributed by atoms with Crippen LogP contribution in [0.1, 0.15) is 24.0 Å². The lowest BCUT2D eigenvalue weighted by Crippen LogP contribution is -2.51. The molecule has 1 aliphatic heterocycles. The molecule has 158 valence electrons. The largest absolute Gasteiger partial charge is 0.445 e. The second kappa shape index (κ2) is 11.0. The van der Waals surface area contributed by atoms with Gasteiger partial charge in [-0.3, -0.25) is 9.59 Å². The third-order valence-electron chi connectivity index (χ3n) is 4.94. The fourth-order valence-corrected chi connectivity index (χ4v) is 3.38. The number of hydrogen-bond donors (Lipinski definition) is 2. The van der Waals surface area contributed by atoms with Crippen LogP contribution in [0.3, 0.4) is 0 Å². The minimum atomic E-state index is -0.681. The van der Waals surface area contributed by atoms with Gasteiger partial charge in [-0.1, -0.05) is 60.7 Å². The molecule has 2 N–H and O–H groups in total. The summed E-state index contributed by atoms with van der Waals surface area (Å²) in [5, 5.41) is 5.20. The fourth-order valence-electron chi connectivity index (χ4n) is 3.38. The number of carbonyl (C=O) groups excluding carboxylic acids is 3. The van der Waals surface area contributed by atoms with Crippen molar-refractivity contribution in [3.63, 3.8) is 0 Å². The highest BCUT2D eigenvalue weighted by Gasteiger charge is 2.28. The van der Waals surface area contributed by atoms with Gasteiger partial charge in [0, 0.05) is 19.5 Å². The van der Waals surface area contributed by atoms with Crippen LogP contribution in [0.4, 0.5) is 4.79 Å². The van der Waals surface area contributed by atoms with E-state index in [9.17, 15) is 14.4 Å². The quantitative estimate of drug-likeness (QED) is 0.700. The van der Waals surface area contributed by atoms with E-state index in [2.05, 4.69) is 10.6 Å². The summed E-state index contributed by atoms with van der Waals surface area (Å²) in [5.74, 6) is -0.517. The van der Waals surface area contributed by atoms with E-state index in [1.807, 2.05) is 60.7 Å². The smallest absolute Gasteiger partial charge is 0.407 e. The molecular weight excluding hydrogens is 382 g/mol. The summed E-state index contributed by atoms with van der Waals surface area (Å²) in [6.45, 7) is 1.29. The van der Waals surface area contributed by atoms with E-state index in [0.717, 1.165) is 24.0 Å². The molecule has 0 saturated carbocycles. The summed E-state index contributed by atoms with van der Waals surface area (Å²) >= 11 is 0. The number of hydrogen-bond acceptors (Lipinski definition) is 4. The SMILES string of the molecule is O=C(CNC(=O)OCc1ccccc1)N[C@@H](Cc1ccccc1)C(=O)N1CCCC1. The van der Waals surface area contributed by atoms with Crippen LogP contribution in [0.25, 0.3) is 0 Å². The summed E-state index contributed by atoms with van der Waals surface area (Å²) in [5.41, 5.74) is 1.82. The maximum absolute atomic E-state index is 12.9. The van der Waals surface area contributed by atoms with Gasteiger partial charge in [0.2, 0.25) is 11.8 Å². The molecule has 30 heavy (non-hydrogen) atoms. The molecule has 3 rings (SSSR count). The van der Waals surface area contributed by atoms with Gasteiger partial charge in [-0.2, -0.15) is 0 Å². The van der Waals surface area contributed by atoms with Gasteiger partial charge in [-0.15, -0.1) is 0 Å². The van der Waals surface area contributed by atoms with Gasteiger partial charge in [0.15, 0.2) is 0 Å². The molecule has 1 aliphatic rings. The predicted molar refractivity (Wildman–Crippen MR) is 113 cm³/mol. The zero-order valence-electron chi connectivity index (χ0n) is 16.9. The fraction of sp³-hybridized carbons (Fsp3) is 0.348. The van der Waals surface area contributed by atoms with Gasteiger partial charge in [0.05, 0.1) is 0 Å². The summed E-state index contributed by atoms with van der Waals surface area (Å²) in [7, 11) is 0. The van der Waals surface area contributed by atoms with Crippen molar-refractivity contribution in [1.82, 2.24) is 15.5 Å². The van der Waals surface area contributed by atoms with Crippen molar-refractivity contribution in [3.05, 3.63) is 71.8 Å². The first kappa shape index (κ1) is 21.4. The minimum absolute atomic E-state index is 0.0867. The normalized spacial score (nSPS) is 14.1. The Bertz CT molecular complexity index is 836. The Hall–Kier alpha value is -3.35. The van der Waals surface area contributed by atoms with E-state index >= 15 is 0 Å². The molecule has 2 aromatic rings. The summed E-state index contributed by atoms with van der Waals surface area (Å²) < 4.78 is 5.10. The number of alkyl carbamates (subject to hydrolysis) is 1. The molecule has 1 saturated heterocycles. The number of benzene rings is 2. The maximum atomic E-state index is 12.9. The summed E-state index contributed by atoms with van der Waals surface area (Å²) in [4.78, 5) is 38.9. The van der Waals surface area contributed by atoms with E-state index < -0.39 is 18.0 Å². The Morgan fingerprint density at radius 2 is 1.50 bits per heavy atom. The number of ether oxygens (including phenoxy) is 1. The Kier molecular flexibility index (Phi) is 7.83. The Balaban J connectivity index is 1.50. The number of nitrogens with one attached hydrogen (secondary N) is 2. The maximum Gasteiger partial charge on any atom is 0.407 e. The molecule has 1 fully saturated rings. The van der Waals surface area contributed by atoms with Crippen molar-refractivity contribution in [2.24, 2.45) is 0 Å². The van der Waals surface area contributed by atoms with Gasteiger partial charge < -0.3 is 20.3 Å². The number of amides is 3. The zero-order chi connectivity index (χ0) is 21.2. The Morgan fingerprint density at radius 1 is 0.900 bits per heavy atom. The number of rotatable bonds is 8. The lowest BCUT2D eigenvalue weighted by Gasteiger charge is -2.24. The highest BCUT2D eigenvalue weighted by atomic mass is 16.5. The van der Waals surface area contributed by atoms with E-state index in [-0.39, 0.29) is 19.1 Å². The van der Waals surface area contributed by atoms with Crippen molar-refractivity contribution >= 4 is 17.9 Å². The highest BCUT2D eigenvalue weighted by Crippen LogP contribution is 2.12. The molecule has 0 radical (unpaired) electrons. The first-order valence-electron chi connectivity index (χ1n) is 10.2. The molecule has 1 atom stereocenters. The second-order valence-corrected chi connectivity index (χ2v) is 7.26. The van der Waals surface area contributed by atoms with Crippen LogP contribution in [-0.4, -0.2) is 48.5 Å². The van der Waals surface area contributed by atoms with Crippen LogP contribution in [0.5, 0.6) is 0 Å². The third-order valence-corrected chi connectivity index (χ3v) is 4.94. The van der Waals surface area contributed by atoms with Crippen LogP contribution in [0.15, 0.2) is 60.7 Å². The zero-order valence-corrected chi connectivity index (χ0v) is 16.9. The van der Waals surface area contributed by atoms with Gasteiger partial charge in [0.1, 0.15) is 19.2 Å². The van der Waals surface area contributed by atoms with E-state index in [4.69, 9.17) is 4.74 Å². The Labute approximate surface area is 176 Å². The van der Waals surface area contributed by atoms with E-state index in [0.29, 0.717) is 19.5 Å². The average molecular weight is 409 g/mol. The number of carbonyl (C=O) groups is 3. The molecule has 2 aromatic carbocycles. The molecule has 7 nitrogen and oxygen atoms in total. The molecular formula is C23H27N3O4. The number of nitrogens with zero attached hydrogens (tertiary/aromatic N) is 1. The minimum Gasteiger partial charge on any atom is -0.445 e. The lowest BCUT2D eigenvalue weighted by molar-refractivity contribution is -0.135. The molecule has 0 spiro atoms. The van der Waals surface area contributed by atoms with Crippen LogP contribution < -0.4 is 10.6 Å². The van der Waals surface area contributed by atoms with Crippen LogP contribution >= 0.6 is 0 Å². The first-order chi connectivity index (χ1) is 14.6. The average Bonchev–Trinajstić information content (AvgIpc) is 3.32. The van der Waals surface area contributed by atoms with Crippen LogP contribution in [-0.2, 0) is 27.4 Å². The van der Waals surface area contributed by atoms with Crippen molar-refractivity contribution in [2.45, 2.75) is 31.9 Å². The molecule has 0 bridgehead atoms. The van der Waals surface area contributed by atoms with Crippen molar-refractivity contribution in [3.8, 4) is 0 Å². The van der Waals surface area contributed by atoms with E-state index in [1.165, 1.54) is 0 Å². The standard InChI is InChI=1S/C23H27N3O4/c27-21(16-24-23(29)30-17-19-11-5-2-6-12-19)25-20(15-18-9-3-1-4-10-18)22(28)26-13-7-8-14-26/h1-6,9-12,20H,7-8,13-17H2,(H,24,29)(H,25,27)/t20-/m0/s1. The molecule has 3 amide bonds. The van der Waals surface area contributed by atoms with Gasteiger partial charge >= 0.3 is 6.09 Å². The summed E-state index contributed by atoms with van der Waals surface area (Å²) in [6.07, 6.45) is 1.68. The van der Waals surface area contributed by atoms with Crippen LogP contribution in [0, 0.1) is 0 Å². The predicted octanol–water partition coefficient (Wildman–Crippen LogP) is 2.26. The molecule has 0 aliphatic carbocycles. The monoisotopic (exact) mass is 409 g/mol. The van der Waals surface area contributed by atoms with Crippen molar-refractivity contribution in [1.29, 1.82) is 0 Å². The molecule has 7 heteroatoms. The topological polar surface area (TPSA) is 87.7 Å². The second-order valence-electron chi connectivity index (χ2n) is 7.26. The first-order valence-corrected chi connectivity index (χ1v) is 10.2. The van der Waals surface area contributed by atoms with Crippen molar-refractivity contribution in [2.75, 3.05) is 19.6 Å². The molecule has 1 heterocycles. The third kappa shape index (κ3) is 6.62. The van der Waals surface area contributed by atoms with Gasteiger partial charge in [-0.05, 0) is 24.0 Å². The molecule has 0 aromatic heterocycles. The number of likely N-dealkylation sites (tertiary alicyclic amines) is 1. The lowest BCUT2D eigenvalue weighted by atomic mass is 10.0. The van der Waals surface area contributed by atoms with E-state index in [1.54, 1.807) is 4.90 Å². The van der Waals surface area contributed by atoms with Crippen molar-refractivity contribution < 1.29 is 19.1 Å². The highest BCUT2D eigenvalue weighted by molar-refractivity contribution is 5.89. The van der Waals surface area contributed by atoms with Crippen LogP contribution in [0.2, 0.25) is 0 Å². The van der Waals surface area contributed by atoms with Gasteiger partial charge in [-0.25, -0.2) is 4.79 Å². The van der Waals surface area contributed by atoms with Gasteiger partial charge in [0.25, 0.3) is 0 Å². The molecule has 0 unspecified atom stereocenters.